The summed E-state index contributed by atoms with van der Waals surface area (Å²) in [7, 11) is -0.709. The Labute approximate surface area is 103 Å². The zero-order valence-corrected chi connectivity index (χ0v) is 14.1. The lowest BCUT2D eigenvalue weighted by Crippen LogP contribution is -2.29. The Hall–Kier alpha value is -0.176. The van der Waals surface area contributed by atoms with Gasteiger partial charge in [-0.15, -0.1) is 0 Å². The standard InChI is InChI=1S/C13H21PSi2/c1-15(2,3)11-7-10-8-13(16(4,5)6)14-12(10)9-11/h7-9H,1-6H3. The minimum atomic E-state index is -1.12. The molecule has 1 heterocycles. The second-order valence-electron chi connectivity index (χ2n) is 6.73. The second-order valence-corrected chi connectivity index (χ2v) is 18.5. The molecular formula is C13H21PSi2. The lowest BCUT2D eigenvalue weighted by molar-refractivity contribution is 1.67. The van der Waals surface area contributed by atoms with E-state index < -0.39 is 16.1 Å². The molecule has 0 unspecified atom stereocenters. The Morgan fingerprint density at radius 1 is 0.812 bits per heavy atom. The molecule has 0 saturated heterocycles. The van der Waals surface area contributed by atoms with E-state index in [9.17, 15) is 0 Å². The van der Waals surface area contributed by atoms with E-state index in [0.717, 1.165) is 0 Å². The van der Waals surface area contributed by atoms with Crippen LogP contribution in [0, 0.1) is 0 Å². The highest BCUT2D eigenvalue weighted by molar-refractivity contribution is 7.56. The molecule has 86 valence electrons. The molecular weight excluding hydrogens is 243 g/mol. The first kappa shape index (κ1) is 12.3. The fourth-order valence-corrected chi connectivity index (χ4v) is 6.36. The van der Waals surface area contributed by atoms with E-state index in [1.165, 1.54) is 13.8 Å². The van der Waals surface area contributed by atoms with E-state index >= 15 is 0 Å². The molecule has 0 aromatic heterocycles. The van der Waals surface area contributed by atoms with Crippen LogP contribution >= 0.6 is 8.20 Å². The van der Waals surface area contributed by atoms with Gasteiger partial charge in [0.1, 0.15) is 0 Å². The molecule has 16 heavy (non-hydrogen) atoms. The topological polar surface area (TPSA) is 0 Å². The third kappa shape index (κ3) is 2.24. The monoisotopic (exact) mass is 264 g/mol. The quantitative estimate of drug-likeness (QED) is 0.504. The summed E-state index contributed by atoms with van der Waals surface area (Å²) in [6, 6.07) is 0. The van der Waals surface area contributed by atoms with E-state index in [0.29, 0.717) is 0 Å². The molecule has 1 aliphatic carbocycles. The van der Waals surface area contributed by atoms with Gasteiger partial charge in [0.2, 0.25) is 0 Å². The Balaban J connectivity index is 2.31. The zero-order valence-electron chi connectivity index (χ0n) is 11.2. The maximum absolute atomic E-state index is 2.47. The van der Waals surface area contributed by atoms with Gasteiger partial charge in [0.25, 0.3) is 0 Å². The summed E-state index contributed by atoms with van der Waals surface area (Å²) >= 11 is 0. The van der Waals surface area contributed by atoms with Crippen LogP contribution in [0.2, 0.25) is 39.3 Å². The SMILES string of the molecule is C[Si](C)(C)C1=CC2=CC([Si](C)(C)C)=PC2=C1. The highest BCUT2D eigenvalue weighted by Crippen LogP contribution is 2.41. The van der Waals surface area contributed by atoms with Crippen LogP contribution in [0.15, 0.2) is 34.3 Å². The highest BCUT2D eigenvalue weighted by atomic mass is 31.1. The summed E-state index contributed by atoms with van der Waals surface area (Å²) in [5.74, 6) is 0. The number of rotatable bonds is 2. The smallest absolute Gasteiger partial charge is 0.0688 e. The normalized spacial score (nSPS) is 21.1. The van der Waals surface area contributed by atoms with Crippen LogP contribution in [0.5, 0.6) is 0 Å². The minimum Gasteiger partial charge on any atom is -0.0688 e. The van der Waals surface area contributed by atoms with Crippen molar-refractivity contribution in [3.05, 3.63) is 34.3 Å². The summed E-state index contributed by atoms with van der Waals surface area (Å²) < 4.78 is 0. The first-order valence-corrected chi connectivity index (χ1v) is 13.8. The molecule has 0 N–H and O–H groups in total. The minimum absolute atomic E-state index is 1.09. The van der Waals surface area contributed by atoms with Gasteiger partial charge in [-0.3, -0.25) is 0 Å². The van der Waals surface area contributed by atoms with E-state index in [1.807, 2.05) is 0 Å². The molecule has 0 fully saturated rings. The van der Waals surface area contributed by atoms with Crippen LogP contribution in [-0.2, 0) is 0 Å². The lowest BCUT2D eigenvalue weighted by atomic mass is 10.3. The Kier molecular flexibility index (Phi) is 2.81. The third-order valence-electron chi connectivity index (χ3n) is 3.07. The largest absolute Gasteiger partial charge is 0.0835 e. The highest BCUT2D eigenvalue weighted by Gasteiger charge is 2.29. The summed E-state index contributed by atoms with van der Waals surface area (Å²) in [6.45, 7) is 14.6. The van der Waals surface area contributed by atoms with Crippen LogP contribution < -0.4 is 0 Å². The number of fused-ring (bicyclic) bond motifs is 1. The third-order valence-corrected chi connectivity index (χ3v) is 10.1. The molecule has 0 atom stereocenters. The lowest BCUT2D eigenvalue weighted by Gasteiger charge is -2.16. The molecule has 2 aliphatic rings. The molecule has 0 aromatic rings. The maximum atomic E-state index is 2.47. The van der Waals surface area contributed by atoms with E-state index in [4.69, 9.17) is 0 Å². The molecule has 0 nitrogen and oxygen atoms in total. The van der Waals surface area contributed by atoms with Crippen LogP contribution in [0.1, 0.15) is 0 Å². The summed E-state index contributed by atoms with van der Waals surface area (Å²) in [6.07, 6.45) is 7.38. The summed E-state index contributed by atoms with van der Waals surface area (Å²) in [5, 5.41) is 3.19. The fourth-order valence-electron chi connectivity index (χ4n) is 1.85. The van der Waals surface area contributed by atoms with Crippen molar-refractivity contribution in [2.45, 2.75) is 39.3 Å². The molecule has 0 radical (unpaired) electrons. The van der Waals surface area contributed by atoms with Gasteiger partial charge in [0.15, 0.2) is 0 Å². The Morgan fingerprint density at radius 2 is 1.44 bits per heavy atom. The van der Waals surface area contributed by atoms with Crippen LogP contribution in [0.3, 0.4) is 0 Å². The van der Waals surface area contributed by atoms with Gasteiger partial charge in [0, 0.05) is 5.31 Å². The van der Waals surface area contributed by atoms with Gasteiger partial charge in [0.05, 0.1) is 16.1 Å². The van der Waals surface area contributed by atoms with Gasteiger partial charge in [-0.25, -0.2) is 0 Å². The van der Waals surface area contributed by atoms with Crippen LogP contribution in [-0.4, -0.2) is 21.1 Å². The molecule has 0 bridgehead atoms. The van der Waals surface area contributed by atoms with Crippen molar-refractivity contribution >= 4 is 29.3 Å². The first-order valence-electron chi connectivity index (χ1n) is 5.93. The molecule has 0 spiro atoms. The van der Waals surface area contributed by atoms with Crippen molar-refractivity contribution in [2.24, 2.45) is 0 Å². The van der Waals surface area contributed by atoms with Gasteiger partial charge in [-0.2, -0.15) is 0 Å². The molecule has 1 aliphatic heterocycles. The van der Waals surface area contributed by atoms with Crippen molar-refractivity contribution in [1.29, 1.82) is 0 Å². The van der Waals surface area contributed by atoms with Gasteiger partial charge >= 0.3 is 0 Å². The van der Waals surface area contributed by atoms with Crippen molar-refractivity contribution in [2.75, 3.05) is 0 Å². The Morgan fingerprint density at radius 3 is 1.88 bits per heavy atom. The Bertz CT molecular complexity index is 407. The van der Waals surface area contributed by atoms with E-state index in [-0.39, 0.29) is 0 Å². The first-order chi connectivity index (χ1) is 7.18. The molecule has 0 saturated carbocycles. The number of hydrogen-bond donors (Lipinski definition) is 0. The van der Waals surface area contributed by atoms with E-state index in [1.54, 1.807) is 15.4 Å². The molecule has 3 heteroatoms. The van der Waals surface area contributed by atoms with Crippen molar-refractivity contribution in [1.82, 2.24) is 0 Å². The average molecular weight is 264 g/mol. The van der Waals surface area contributed by atoms with Gasteiger partial charge in [-0.05, 0) is 10.5 Å². The average Bonchev–Trinajstić information content (AvgIpc) is 2.53. The summed E-state index contributed by atoms with van der Waals surface area (Å²) in [5.41, 5.74) is 1.51. The molecule has 2 rings (SSSR count). The maximum Gasteiger partial charge on any atom is 0.0835 e. The predicted octanol–water partition coefficient (Wildman–Crippen LogP) is 4.62. The zero-order chi connectivity index (χ0) is 12.1. The number of hydrogen-bond acceptors (Lipinski definition) is 0. The van der Waals surface area contributed by atoms with E-state index in [2.05, 4.69) is 57.5 Å². The van der Waals surface area contributed by atoms with Gasteiger partial charge < -0.3 is 0 Å². The predicted molar refractivity (Wildman–Crippen MR) is 82.9 cm³/mol. The van der Waals surface area contributed by atoms with Crippen molar-refractivity contribution < 1.29 is 0 Å². The fraction of sp³-hybridized carbons (Fsp3) is 0.462. The van der Waals surface area contributed by atoms with Crippen LogP contribution in [0.25, 0.3) is 0 Å². The second kappa shape index (κ2) is 3.66. The molecule has 0 aromatic carbocycles. The van der Waals surface area contributed by atoms with Crippen molar-refractivity contribution in [3.8, 4) is 0 Å². The van der Waals surface area contributed by atoms with Crippen molar-refractivity contribution in [3.63, 3.8) is 0 Å². The number of allylic oxidation sites excluding steroid dienone is 6. The van der Waals surface area contributed by atoms with Crippen LogP contribution in [0.4, 0.5) is 0 Å². The van der Waals surface area contributed by atoms with Gasteiger partial charge in [-0.1, -0.05) is 70.9 Å². The summed E-state index contributed by atoms with van der Waals surface area (Å²) in [4.78, 5) is 1.69. The molecule has 0 amide bonds.